The highest BCUT2D eigenvalue weighted by atomic mass is 16.3. The average Bonchev–Trinajstić information content (AvgIpc) is 2.72. The maximum absolute atomic E-state index is 9.65. The summed E-state index contributed by atoms with van der Waals surface area (Å²) < 4.78 is 0. The lowest BCUT2D eigenvalue weighted by Crippen LogP contribution is -2.37. The van der Waals surface area contributed by atoms with E-state index in [1.807, 2.05) is 0 Å². The van der Waals surface area contributed by atoms with Gasteiger partial charge < -0.3 is 10.0 Å². The fourth-order valence-corrected chi connectivity index (χ4v) is 4.78. The summed E-state index contributed by atoms with van der Waals surface area (Å²) in [4.78, 5) is 2.60. The SMILES string of the molecule is CCCC[C@H](CC)C[C@H](CC)CN(CCO)C[C@@H](CC)C[C@@H](CC)CCCC. The number of aliphatic hydroxyl groups excluding tert-OH is 1. The van der Waals surface area contributed by atoms with Crippen molar-refractivity contribution in [1.82, 2.24) is 4.90 Å². The van der Waals surface area contributed by atoms with E-state index in [9.17, 15) is 5.11 Å². The molecule has 1 N–H and O–H groups in total. The van der Waals surface area contributed by atoms with Gasteiger partial charge in [0.15, 0.2) is 0 Å². The van der Waals surface area contributed by atoms with Crippen molar-refractivity contribution in [2.45, 2.75) is 119 Å². The quantitative estimate of drug-likeness (QED) is 0.229. The van der Waals surface area contributed by atoms with E-state index in [1.54, 1.807) is 0 Å². The molecule has 170 valence electrons. The molecule has 0 rings (SSSR count). The smallest absolute Gasteiger partial charge is 0.0558 e. The van der Waals surface area contributed by atoms with Gasteiger partial charge in [-0.1, -0.05) is 106 Å². The highest BCUT2D eigenvalue weighted by Gasteiger charge is 2.21. The lowest BCUT2D eigenvalue weighted by molar-refractivity contribution is 0.133. The Balaban J connectivity index is 4.76. The van der Waals surface area contributed by atoms with Crippen LogP contribution in [0.3, 0.4) is 0 Å². The van der Waals surface area contributed by atoms with Crippen molar-refractivity contribution in [2.24, 2.45) is 23.7 Å². The first-order valence-electron chi connectivity index (χ1n) is 12.9. The molecular weight excluding hydrogens is 342 g/mol. The van der Waals surface area contributed by atoms with E-state index in [4.69, 9.17) is 0 Å². The van der Waals surface area contributed by atoms with Crippen molar-refractivity contribution in [1.29, 1.82) is 0 Å². The van der Waals surface area contributed by atoms with Crippen molar-refractivity contribution in [2.75, 3.05) is 26.2 Å². The first-order valence-corrected chi connectivity index (χ1v) is 12.9. The Kier molecular flexibility index (Phi) is 18.9. The topological polar surface area (TPSA) is 23.5 Å². The molecule has 0 aromatic rings. The number of nitrogens with zero attached hydrogens (tertiary/aromatic N) is 1. The number of rotatable bonds is 20. The van der Waals surface area contributed by atoms with Gasteiger partial charge in [0.2, 0.25) is 0 Å². The maximum atomic E-state index is 9.65. The summed E-state index contributed by atoms with van der Waals surface area (Å²) in [5.74, 6) is 3.35. The van der Waals surface area contributed by atoms with Gasteiger partial charge in [0, 0.05) is 19.6 Å². The van der Waals surface area contributed by atoms with E-state index in [2.05, 4.69) is 46.4 Å². The molecule has 0 heterocycles. The second-order valence-corrected chi connectivity index (χ2v) is 9.34. The van der Waals surface area contributed by atoms with Crippen LogP contribution in [0.4, 0.5) is 0 Å². The predicted octanol–water partition coefficient (Wildman–Crippen LogP) is 7.55. The molecule has 0 aliphatic rings. The van der Waals surface area contributed by atoms with Crippen molar-refractivity contribution in [3.8, 4) is 0 Å². The van der Waals surface area contributed by atoms with E-state index in [0.29, 0.717) is 6.61 Å². The summed E-state index contributed by atoms with van der Waals surface area (Å²) in [7, 11) is 0. The normalized spacial score (nSPS) is 16.3. The zero-order valence-electron chi connectivity index (χ0n) is 20.5. The van der Waals surface area contributed by atoms with Gasteiger partial charge in [-0.25, -0.2) is 0 Å². The van der Waals surface area contributed by atoms with Crippen LogP contribution in [-0.2, 0) is 0 Å². The maximum Gasteiger partial charge on any atom is 0.0558 e. The van der Waals surface area contributed by atoms with Gasteiger partial charge in [-0.3, -0.25) is 0 Å². The number of hydrogen-bond acceptors (Lipinski definition) is 2. The molecule has 0 aliphatic heterocycles. The van der Waals surface area contributed by atoms with Gasteiger partial charge in [-0.15, -0.1) is 0 Å². The highest BCUT2D eigenvalue weighted by molar-refractivity contribution is 4.74. The third kappa shape index (κ3) is 13.2. The summed E-state index contributed by atoms with van der Waals surface area (Å²) in [5, 5.41) is 9.65. The summed E-state index contributed by atoms with van der Waals surface area (Å²) in [6.07, 6.45) is 16.1. The molecule has 4 atom stereocenters. The van der Waals surface area contributed by atoms with Gasteiger partial charge in [-0.2, -0.15) is 0 Å². The molecule has 0 bridgehead atoms. The number of hydrogen-bond donors (Lipinski definition) is 1. The van der Waals surface area contributed by atoms with Gasteiger partial charge in [0.1, 0.15) is 0 Å². The van der Waals surface area contributed by atoms with E-state index in [0.717, 1.165) is 30.2 Å². The third-order valence-corrected chi connectivity index (χ3v) is 7.02. The fraction of sp³-hybridized carbons (Fsp3) is 1.00. The van der Waals surface area contributed by atoms with Crippen LogP contribution in [-0.4, -0.2) is 36.2 Å². The van der Waals surface area contributed by atoms with E-state index in [1.165, 1.54) is 90.1 Å². The van der Waals surface area contributed by atoms with E-state index >= 15 is 0 Å². The lowest BCUT2D eigenvalue weighted by atomic mass is 9.85. The number of aliphatic hydroxyl groups is 1. The lowest BCUT2D eigenvalue weighted by Gasteiger charge is -2.32. The molecule has 0 aliphatic carbocycles. The van der Waals surface area contributed by atoms with Crippen LogP contribution in [0.2, 0.25) is 0 Å². The molecule has 0 aromatic carbocycles. The third-order valence-electron chi connectivity index (χ3n) is 7.02. The minimum absolute atomic E-state index is 0.299. The van der Waals surface area contributed by atoms with Crippen LogP contribution in [0.25, 0.3) is 0 Å². The Morgan fingerprint density at radius 1 is 0.607 bits per heavy atom. The highest BCUT2D eigenvalue weighted by Crippen LogP contribution is 2.27. The summed E-state index contributed by atoms with van der Waals surface area (Å²) in [5.41, 5.74) is 0. The molecule has 0 radical (unpaired) electrons. The van der Waals surface area contributed by atoms with Crippen molar-refractivity contribution in [3.63, 3.8) is 0 Å². The molecule has 0 spiro atoms. The Morgan fingerprint density at radius 2 is 1.00 bits per heavy atom. The standard InChI is InChI=1S/C26H55NO/c1-7-13-15-23(9-3)19-25(11-5)21-27(17-18-28)22-26(12-6)20-24(10-4)16-14-8-2/h23-26,28H,7-22H2,1-6H3/t23-,24-,25-,26-/m0/s1. The molecular formula is C26H55NO. The van der Waals surface area contributed by atoms with Crippen LogP contribution >= 0.6 is 0 Å². The summed E-state index contributed by atoms with van der Waals surface area (Å²) in [6, 6.07) is 0. The van der Waals surface area contributed by atoms with Crippen LogP contribution in [0.15, 0.2) is 0 Å². The van der Waals surface area contributed by atoms with Crippen molar-refractivity contribution < 1.29 is 5.11 Å². The van der Waals surface area contributed by atoms with Crippen LogP contribution in [0.1, 0.15) is 119 Å². The molecule has 28 heavy (non-hydrogen) atoms. The summed E-state index contributed by atoms with van der Waals surface area (Å²) >= 11 is 0. The van der Waals surface area contributed by atoms with Crippen LogP contribution < -0.4 is 0 Å². The molecule has 0 unspecified atom stereocenters. The predicted molar refractivity (Wildman–Crippen MR) is 127 cm³/mol. The average molecular weight is 398 g/mol. The Hall–Kier alpha value is -0.0800. The minimum atomic E-state index is 0.299. The molecule has 2 nitrogen and oxygen atoms in total. The Bertz CT molecular complexity index is 292. The molecule has 0 fully saturated rings. The molecule has 0 saturated carbocycles. The largest absolute Gasteiger partial charge is 0.395 e. The molecule has 0 amide bonds. The van der Waals surface area contributed by atoms with Gasteiger partial charge in [0.25, 0.3) is 0 Å². The molecule has 0 saturated heterocycles. The first-order chi connectivity index (χ1) is 13.6. The molecule has 0 aromatic heterocycles. The van der Waals surface area contributed by atoms with Crippen molar-refractivity contribution in [3.05, 3.63) is 0 Å². The second kappa shape index (κ2) is 18.9. The van der Waals surface area contributed by atoms with Crippen LogP contribution in [0, 0.1) is 23.7 Å². The van der Waals surface area contributed by atoms with Crippen molar-refractivity contribution >= 4 is 0 Å². The zero-order valence-corrected chi connectivity index (χ0v) is 20.5. The monoisotopic (exact) mass is 397 g/mol. The Labute approximate surface area is 178 Å². The van der Waals surface area contributed by atoms with E-state index in [-0.39, 0.29) is 0 Å². The summed E-state index contributed by atoms with van der Waals surface area (Å²) in [6.45, 7) is 17.6. The molecule has 2 heteroatoms. The van der Waals surface area contributed by atoms with Gasteiger partial charge >= 0.3 is 0 Å². The van der Waals surface area contributed by atoms with Crippen LogP contribution in [0.5, 0.6) is 0 Å². The zero-order chi connectivity index (χ0) is 21.2. The van der Waals surface area contributed by atoms with Gasteiger partial charge in [0.05, 0.1) is 6.61 Å². The first kappa shape index (κ1) is 27.9. The van der Waals surface area contributed by atoms with E-state index < -0.39 is 0 Å². The van der Waals surface area contributed by atoms with Gasteiger partial charge in [-0.05, 0) is 36.5 Å². The fourth-order valence-electron chi connectivity index (χ4n) is 4.78. The second-order valence-electron chi connectivity index (χ2n) is 9.34. The Morgan fingerprint density at radius 3 is 1.29 bits per heavy atom. The minimum Gasteiger partial charge on any atom is -0.395 e. The number of unbranched alkanes of at least 4 members (excludes halogenated alkanes) is 2.